The minimum atomic E-state index is 0.0884. The van der Waals surface area contributed by atoms with Crippen LogP contribution in [0.15, 0.2) is 30.5 Å². The van der Waals surface area contributed by atoms with E-state index in [1.807, 2.05) is 18.2 Å². The lowest BCUT2D eigenvalue weighted by Crippen LogP contribution is -2.03. The van der Waals surface area contributed by atoms with Crippen LogP contribution in [0.2, 0.25) is 0 Å². The summed E-state index contributed by atoms with van der Waals surface area (Å²) in [7, 11) is 0. The average Bonchev–Trinajstić information content (AvgIpc) is 2.14. The Bertz CT molecular complexity index is 394. The second kappa shape index (κ2) is 3.31. The third-order valence-electron chi connectivity index (χ3n) is 1.85. The maximum atomic E-state index is 11.5. The molecule has 0 spiro atoms. The number of carbonyl (C=O) groups is 1. The topological polar surface area (TPSA) is 42.9 Å². The number of ketones is 1. The van der Waals surface area contributed by atoms with Crippen molar-refractivity contribution in [2.24, 2.45) is 0 Å². The van der Waals surface area contributed by atoms with E-state index in [4.69, 9.17) is 0 Å². The monoisotopic (exact) mass is 172 g/mol. The van der Waals surface area contributed by atoms with Gasteiger partial charge in [0.25, 0.3) is 0 Å². The Labute approximate surface area is 75.8 Å². The summed E-state index contributed by atoms with van der Waals surface area (Å²) in [6.45, 7) is 0. The molecule has 0 saturated heterocycles. The van der Waals surface area contributed by atoms with E-state index >= 15 is 0 Å². The average molecular weight is 172 g/mol. The summed E-state index contributed by atoms with van der Waals surface area (Å²) in [5, 5.41) is 7.61. The molecular weight excluding hydrogens is 164 g/mol. The van der Waals surface area contributed by atoms with E-state index in [-0.39, 0.29) is 5.78 Å². The van der Waals surface area contributed by atoms with Crippen LogP contribution in [-0.4, -0.2) is 16.0 Å². The molecule has 13 heavy (non-hydrogen) atoms. The van der Waals surface area contributed by atoms with Crippen LogP contribution in [-0.2, 0) is 0 Å². The van der Waals surface area contributed by atoms with Gasteiger partial charge >= 0.3 is 0 Å². The number of nitrogens with zero attached hydrogens (tertiary/aromatic N) is 2. The molecule has 64 valence electrons. The standard InChI is InChI=1S/C10H8N2O/c13-10-5-3-1-2-4-9-8(10)6-7-11-12-9/h1-4,6-7H,5H2. The number of Topliss-reactive ketones (excluding diaryl/α,β-unsaturated/α-hetero) is 1. The maximum Gasteiger partial charge on any atom is 0.168 e. The molecule has 0 unspecified atom stereocenters. The molecule has 1 aromatic heterocycles. The molecule has 1 aromatic rings. The third kappa shape index (κ3) is 1.54. The van der Waals surface area contributed by atoms with E-state index in [2.05, 4.69) is 10.2 Å². The van der Waals surface area contributed by atoms with E-state index in [0.717, 1.165) is 0 Å². The van der Waals surface area contributed by atoms with Crippen LogP contribution in [0.1, 0.15) is 22.5 Å². The van der Waals surface area contributed by atoms with E-state index in [0.29, 0.717) is 17.7 Å². The summed E-state index contributed by atoms with van der Waals surface area (Å²) in [6.07, 6.45) is 9.30. The van der Waals surface area contributed by atoms with Crippen LogP contribution in [0.25, 0.3) is 6.08 Å². The molecule has 0 bridgehead atoms. The highest BCUT2D eigenvalue weighted by molar-refractivity contribution is 5.99. The van der Waals surface area contributed by atoms with Crippen LogP contribution in [0.4, 0.5) is 0 Å². The summed E-state index contributed by atoms with van der Waals surface area (Å²) in [6, 6.07) is 1.70. The van der Waals surface area contributed by atoms with E-state index in [9.17, 15) is 4.79 Å². The fraction of sp³-hybridized carbons (Fsp3) is 0.100. The second-order valence-electron chi connectivity index (χ2n) is 2.74. The highest BCUT2D eigenvalue weighted by Crippen LogP contribution is 2.11. The van der Waals surface area contributed by atoms with Crippen molar-refractivity contribution in [2.75, 3.05) is 0 Å². The minimum absolute atomic E-state index is 0.0884. The highest BCUT2D eigenvalue weighted by atomic mass is 16.1. The number of aromatic nitrogens is 2. The van der Waals surface area contributed by atoms with Crippen LogP contribution < -0.4 is 0 Å². The van der Waals surface area contributed by atoms with Crippen LogP contribution in [0.5, 0.6) is 0 Å². The van der Waals surface area contributed by atoms with Gasteiger partial charge in [-0.2, -0.15) is 10.2 Å². The van der Waals surface area contributed by atoms with Gasteiger partial charge in [0.1, 0.15) is 0 Å². The molecule has 0 amide bonds. The van der Waals surface area contributed by atoms with Gasteiger partial charge in [0.05, 0.1) is 11.9 Å². The highest BCUT2D eigenvalue weighted by Gasteiger charge is 2.09. The number of hydrogen-bond donors (Lipinski definition) is 0. The smallest absolute Gasteiger partial charge is 0.168 e. The van der Waals surface area contributed by atoms with Crippen molar-refractivity contribution in [2.45, 2.75) is 6.42 Å². The maximum absolute atomic E-state index is 11.5. The third-order valence-corrected chi connectivity index (χ3v) is 1.85. The van der Waals surface area contributed by atoms with Gasteiger partial charge in [-0.15, -0.1) is 0 Å². The van der Waals surface area contributed by atoms with E-state index < -0.39 is 0 Å². The summed E-state index contributed by atoms with van der Waals surface area (Å²) in [4.78, 5) is 11.5. The summed E-state index contributed by atoms with van der Waals surface area (Å²) < 4.78 is 0. The predicted molar refractivity (Wildman–Crippen MR) is 49.2 cm³/mol. The molecule has 0 fully saturated rings. The van der Waals surface area contributed by atoms with E-state index in [1.54, 1.807) is 12.1 Å². The molecule has 0 aromatic carbocycles. The van der Waals surface area contributed by atoms with Crippen molar-refractivity contribution in [3.63, 3.8) is 0 Å². The molecule has 0 atom stereocenters. The zero-order valence-corrected chi connectivity index (χ0v) is 6.97. The van der Waals surface area contributed by atoms with E-state index in [1.165, 1.54) is 6.20 Å². The second-order valence-corrected chi connectivity index (χ2v) is 2.74. The van der Waals surface area contributed by atoms with Gasteiger partial charge in [0, 0.05) is 12.0 Å². The fourth-order valence-electron chi connectivity index (χ4n) is 1.21. The Morgan fingerprint density at radius 3 is 3.15 bits per heavy atom. The Kier molecular flexibility index (Phi) is 2.00. The molecule has 1 aliphatic carbocycles. The Morgan fingerprint density at radius 2 is 2.23 bits per heavy atom. The van der Waals surface area contributed by atoms with Crippen molar-refractivity contribution >= 4 is 11.9 Å². The molecule has 0 N–H and O–H groups in total. The molecule has 1 aliphatic rings. The number of carbonyl (C=O) groups excluding carboxylic acids is 1. The van der Waals surface area contributed by atoms with Gasteiger partial charge in [-0.05, 0) is 12.1 Å². The van der Waals surface area contributed by atoms with Crippen molar-refractivity contribution in [3.8, 4) is 0 Å². The lowest BCUT2D eigenvalue weighted by atomic mass is 10.1. The molecule has 2 rings (SSSR count). The SMILES string of the molecule is O=C1CC=CC=Cc2nnccc21. The van der Waals surface area contributed by atoms with Gasteiger partial charge in [-0.1, -0.05) is 18.2 Å². The summed E-state index contributed by atoms with van der Waals surface area (Å²) in [5.74, 6) is 0.0884. The van der Waals surface area contributed by atoms with Gasteiger partial charge < -0.3 is 0 Å². The summed E-state index contributed by atoms with van der Waals surface area (Å²) >= 11 is 0. The molecule has 3 heteroatoms. The fourth-order valence-corrected chi connectivity index (χ4v) is 1.21. The zero-order valence-electron chi connectivity index (χ0n) is 6.97. The van der Waals surface area contributed by atoms with Crippen molar-refractivity contribution in [3.05, 3.63) is 41.7 Å². The minimum Gasteiger partial charge on any atom is -0.294 e. The predicted octanol–water partition coefficient (Wildman–Crippen LogP) is 1.63. The van der Waals surface area contributed by atoms with Crippen molar-refractivity contribution < 1.29 is 4.79 Å². The number of fused-ring (bicyclic) bond motifs is 1. The van der Waals surface area contributed by atoms with Crippen molar-refractivity contribution in [1.82, 2.24) is 10.2 Å². The normalized spacial score (nSPS) is 14.9. The quantitative estimate of drug-likeness (QED) is 0.597. The van der Waals surface area contributed by atoms with Gasteiger partial charge in [0.2, 0.25) is 0 Å². The Morgan fingerprint density at radius 1 is 1.31 bits per heavy atom. The van der Waals surface area contributed by atoms with Gasteiger partial charge in [-0.25, -0.2) is 0 Å². The first-order valence-corrected chi connectivity index (χ1v) is 4.06. The summed E-state index contributed by atoms with van der Waals surface area (Å²) in [5.41, 5.74) is 1.30. The zero-order chi connectivity index (χ0) is 9.10. The van der Waals surface area contributed by atoms with Crippen molar-refractivity contribution in [1.29, 1.82) is 0 Å². The number of hydrogen-bond acceptors (Lipinski definition) is 3. The first-order chi connectivity index (χ1) is 6.38. The molecule has 3 nitrogen and oxygen atoms in total. The Balaban J connectivity index is 2.55. The van der Waals surface area contributed by atoms with Crippen LogP contribution >= 0.6 is 0 Å². The number of rotatable bonds is 0. The molecular formula is C10H8N2O. The lowest BCUT2D eigenvalue weighted by Gasteiger charge is -2.02. The van der Waals surface area contributed by atoms with Gasteiger partial charge in [-0.3, -0.25) is 4.79 Å². The van der Waals surface area contributed by atoms with Gasteiger partial charge in [0.15, 0.2) is 5.78 Å². The molecule has 0 saturated carbocycles. The molecule has 0 radical (unpaired) electrons. The first kappa shape index (κ1) is 7.86. The Hall–Kier alpha value is -1.77. The largest absolute Gasteiger partial charge is 0.294 e. The van der Waals surface area contributed by atoms with Crippen LogP contribution in [0.3, 0.4) is 0 Å². The molecule has 1 heterocycles. The number of allylic oxidation sites excluding steroid dienone is 3. The van der Waals surface area contributed by atoms with Crippen LogP contribution in [0, 0.1) is 0 Å². The lowest BCUT2D eigenvalue weighted by molar-refractivity contribution is 0.0995. The molecule has 0 aliphatic heterocycles. The first-order valence-electron chi connectivity index (χ1n) is 4.06.